The maximum absolute atomic E-state index is 5.16. The summed E-state index contributed by atoms with van der Waals surface area (Å²) >= 11 is 0. The summed E-state index contributed by atoms with van der Waals surface area (Å²) in [5.41, 5.74) is 0.399. The lowest BCUT2D eigenvalue weighted by atomic mass is 9.83. The second-order valence-corrected chi connectivity index (χ2v) is 7.42. The normalized spacial score (nSPS) is 33.6. The van der Waals surface area contributed by atoms with Gasteiger partial charge in [0.05, 0.1) is 6.04 Å². The van der Waals surface area contributed by atoms with Crippen LogP contribution in [-0.4, -0.2) is 12.3 Å². The van der Waals surface area contributed by atoms with Gasteiger partial charge in [0.1, 0.15) is 0 Å². The average Bonchev–Trinajstić information content (AvgIpc) is 3.16. The van der Waals surface area contributed by atoms with Crippen LogP contribution in [-0.2, 0) is 0 Å². The number of rotatable bonds is 1. The molecule has 0 aromatic heterocycles. The lowest BCUT2D eigenvalue weighted by molar-refractivity contribution is 0.417. The van der Waals surface area contributed by atoms with Gasteiger partial charge in [0.25, 0.3) is 0 Å². The quantitative estimate of drug-likeness (QED) is 0.535. The lowest BCUT2D eigenvalue weighted by Gasteiger charge is -2.25. The standard InChI is InChI=1S/C20H31N/c1-2-4-8-14-20(15-9-10-16-20)17-21-19(13-5-3-1)18-11-6-7-12-18/h3-5,8,17-19H,1-2,6-7,9-16H2/b5-3+,8-4-,21-17?. The van der Waals surface area contributed by atoms with E-state index < -0.39 is 0 Å². The molecule has 1 heterocycles. The number of nitrogens with zero attached hydrogens (tertiary/aromatic N) is 1. The van der Waals surface area contributed by atoms with E-state index >= 15 is 0 Å². The van der Waals surface area contributed by atoms with Crippen LogP contribution in [0, 0.1) is 11.3 Å². The molecule has 0 bridgehead atoms. The zero-order chi connectivity index (χ0) is 14.4. The van der Waals surface area contributed by atoms with E-state index in [1.807, 2.05) is 0 Å². The highest BCUT2D eigenvalue weighted by Crippen LogP contribution is 2.41. The number of allylic oxidation sites excluding steroid dienone is 3. The summed E-state index contributed by atoms with van der Waals surface area (Å²) in [6, 6.07) is 0.560. The predicted octanol–water partition coefficient (Wildman–Crippen LogP) is 5.86. The fourth-order valence-corrected chi connectivity index (χ4v) is 4.42. The Labute approximate surface area is 130 Å². The van der Waals surface area contributed by atoms with Gasteiger partial charge in [-0.1, -0.05) is 50.0 Å². The highest BCUT2D eigenvalue weighted by Gasteiger charge is 2.32. The number of hydrogen-bond donors (Lipinski definition) is 0. The fourth-order valence-electron chi connectivity index (χ4n) is 4.42. The molecule has 1 heteroatoms. The Kier molecular flexibility index (Phi) is 5.32. The van der Waals surface area contributed by atoms with Gasteiger partial charge in [-0.25, -0.2) is 0 Å². The highest BCUT2D eigenvalue weighted by atomic mass is 14.8. The first kappa shape index (κ1) is 15.1. The molecule has 1 aliphatic heterocycles. The van der Waals surface area contributed by atoms with Gasteiger partial charge in [-0.2, -0.15) is 0 Å². The Morgan fingerprint density at radius 3 is 2.29 bits per heavy atom. The molecule has 3 rings (SSSR count). The zero-order valence-corrected chi connectivity index (χ0v) is 13.5. The molecule has 2 saturated carbocycles. The largest absolute Gasteiger partial charge is 0.293 e. The molecule has 0 aromatic carbocycles. The molecular weight excluding hydrogens is 254 g/mol. The maximum Gasteiger partial charge on any atom is 0.0558 e. The lowest BCUT2D eigenvalue weighted by Crippen LogP contribution is -2.22. The van der Waals surface area contributed by atoms with Crippen molar-refractivity contribution < 1.29 is 0 Å². The molecule has 2 fully saturated rings. The summed E-state index contributed by atoms with van der Waals surface area (Å²) in [6.45, 7) is 0. The van der Waals surface area contributed by atoms with Gasteiger partial charge in [0.15, 0.2) is 0 Å². The second-order valence-electron chi connectivity index (χ2n) is 7.42. The third kappa shape index (κ3) is 4.08. The van der Waals surface area contributed by atoms with Gasteiger partial charge in [-0.05, 0) is 57.3 Å². The summed E-state index contributed by atoms with van der Waals surface area (Å²) in [6.07, 6.45) is 27.9. The van der Waals surface area contributed by atoms with Crippen LogP contribution in [0.4, 0.5) is 0 Å². The van der Waals surface area contributed by atoms with Gasteiger partial charge in [0, 0.05) is 11.6 Å². The van der Waals surface area contributed by atoms with Crippen molar-refractivity contribution in [2.45, 2.75) is 83.1 Å². The Morgan fingerprint density at radius 1 is 0.810 bits per heavy atom. The van der Waals surface area contributed by atoms with Crippen LogP contribution >= 0.6 is 0 Å². The molecule has 3 aliphatic rings. The average molecular weight is 285 g/mol. The van der Waals surface area contributed by atoms with Crippen molar-refractivity contribution >= 4 is 6.21 Å². The Morgan fingerprint density at radius 2 is 1.52 bits per heavy atom. The molecule has 0 amide bonds. The highest BCUT2D eigenvalue weighted by molar-refractivity contribution is 5.67. The van der Waals surface area contributed by atoms with E-state index in [1.165, 1.54) is 77.0 Å². The van der Waals surface area contributed by atoms with Crippen molar-refractivity contribution in [3.05, 3.63) is 24.3 Å². The predicted molar refractivity (Wildman–Crippen MR) is 91.9 cm³/mol. The Bertz CT molecular complexity index is 392. The minimum absolute atomic E-state index is 0.399. The third-order valence-corrected chi connectivity index (χ3v) is 5.82. The first-order valence-electron chi connectivity index (χ1n) is 9.22. The van der Waals surface area contributed by atoms with Crippen LogP contribution in [0.1, 0.15) is 77.0 Å². The molecule has 0 saturated heterocycles. The third-order valence-electron chi connectivity index (χ3n) is 5.82. The molecule has 1 nitrogen and oxygen atoms in total. The van der Waals surface area contributed by atoms with Crippen LogP contribution in [0.5, 0.6) is 0 Å². The van der Waals surface area contributed by atoms with E-state index in [-0.39, 0.29) is 0 Å². The molecule has 0 aromatic rings. The van der Waals surface area contributed by atoms with Crippen molar-refractivity contribution in [2.75, 3.05) is 0 Å². The van der Waals surface area contributed by atoms with Crippen LogP contribution in [0.3, 0.4) is 0 Å². The summed E-state index contributed by atoms with van der Waals surface area (Å²) in [5, 5.41) is 0. The van der Waals surface area contributed by atoms with Crippen LogP contribution in [0.25, 0.3) is 0 Å². The molecule has 0 radical (unpaired) electrons. The minimum atomic E-state index is 0.399. The summed E-state index contributed by atoms with van der Waals surface area (Å²) in [5.74, 6) is 0.850. The molecule has 1 atom stereocenters. The maximum atomic E-state index is 5.16. The smallest absolute Gasteiger partial charge is 0.0558 e. The van der Waals surface area contributed by atoms with Crippen molar-refractivity contribution in [1.82, 2.24) is 0 Å². The van der Waals surface area contributed by atoms with Crippen LogP contribution < -0.4 is 0 Å². The van der Waals surface area contributed by atoms with Gasteiger partial charge in [0.2, 0.25) is 0 Å². The molecule has 0 N–H and O–H groups in total. The molecule has 2 aliphatic carbocycles. The topological polar surface area (TPSA) is 12.4 Å². The molecule has 1 spiro atoms. The Balaban J connectivity index is 1.76. The van der Waals surface area contributed by atoms with Gasteiger partial charge >= 0.3 is 0 Å². The number of hydrogen-bond acceptors (Lipinski definition) is 1. The van der Waals surface area contributed by atoms with Crippen molar-refractivity contribution in [3.63, 3.8) is 0 Å². The van der Waals surface area contributed by atoms with E-state index in [0.29, 0.717) is 11.5 Å². The van der Waals surface area contributed by atoms with Crippen molar-refractivity contribution in [1.29, 1.82) is 0 Å². The summed E-state index contributed by atoms with van der Waals surface area (Å²) in [7, 11) is 0. The van der Waals surface area contributed by atoms with E-state index in [0.717, 1.165) is 5.92 Å². The second kappa shape index (κ2) is 7.42. The van der Waals surface area contributed by atoms with Crippen LogP contribution in [0.2, 0.25) is 0 Å². The van der Waals surface area contributed by atoms with Crippen LogP contribution in [0.15, 0.2) is 29.3 Å². The summed E-state index contributed by atoms with van der Waals surface area (Å²) in [4.78, 5) is 5.16. The molecule has 116 valence electrons. The van der Waals surface area contributed by atoms with Crippen molar-refractivity contribution in [2.24, 2.45) is 16.3 Å². The molecule has 21 heavy (non-hydrogen) atoms. The van der Waals surface area contributed by atoms with E-state index in [1.54, 1.807) is 0 Å². The molecular formula is C20H31N. The van der Waals surface area contributed by atoms with Gasteiger partial charge < -0.3 is 0 Å². The monoisotopic (exact) mass is 285 g/mol. The van der Waals surface area contributed by atoms with E-state index in [9.17, 15) is 0 Å². The fraction of sp³-hybridized carbons (Fsp3) is 0.750. The molecule has 1 unspecified atom stereocenters. The number of aliphatic imine (C=N–C) groups is 1. The van der Waals surface area contributed by atoms with Crippen molar-refractivity contribution in [3.8, 4) is 0 Å². The first-order valence-corrected chi connectivity index (χ1v) is 9.22. The summed E-state index contributed by atoms with van der Waals surface area (Å²) < 4.78 is 0. The minimum Gasteiger partial charge on any atom is -0.293 e. The van der Waals surface area contributed by atoms with E-state index in [4.69, 9.17) is 4.99 Å². The zero-order valence-electron chi connectivity index (χ0n) is 13.5. The van der Waals surface area contributed by atoms with Gasteiger partial charge in [-0.3, -0.25) is 4.99 Å². The van der Waals surface area contributed by atoms with E-state index in [2.05, 4.69) is 30.5 Å². The van der Waals surface area contributed by atoms with Gasteiger partial charge in [-0.15, -0.1) is 0 Å². The Hall–Kier alpha value is -0.850. The first-order chi connectivity index (χ1) is 10.4. The SMILES string of the molecule is C1=NC(C2CCCC2)C/C=C/CC/C=C\CC12CCCC2.